The molecule has 0 amide bonds. The Morgan fingerprint density at radius 1 is 1.05 bits per heavy atom. The quantitative estimate of drug-likeness (QED) is 0.0725. The molecule has 0 radical (unpaired) electrons. The lowest BCUT2D eigenvalue weighted by molar-refractivity contribution is -0.374. The lowest BCUT2D eigenvalue weighted by Gasteiger charge is -2.49. The maximum absolute atomic E-state index is 13.9. The third-order valence-corrected chi connectivity index (χ3v) is 10.4. The van der Waals surface area contributed by atoms with Crippen LogP contribution in [0, 0.1) is 23.7 Å². The molecule has 0 aromatic heterocycles. The Labute approximate surface area is 323 Å². The highest BCUT2D eigenvalue weighted by Crippen LogP contribution is 2.56. The summed E-state index contributed by atoms with van der Waals surface area (Å²) in [5, 5.41) is 34.7. The number of methoxy groups -OCH3 is 1. The molecule has 0 aliphatic carbocycles. The van der Waals surface area contributed by atoms with Gasteiger partial charge in [0.25, 0.3) is 5.60 Å². The summed E-state index contributed by atoms with van der Waals surface area (Å²) in [6.45, 7) is 16.7. The van der Waals surface area contributed by atoms with Gasteiger partial charge in [-0.3, -0.25) is 4.79 Å². The largest absolute Gasteiger partial charge is 0.479 e. The number of hydrogen-bond donors (Lipinski definition) is 3. The molecule has 1 aromatic carbocycles. The number of carbonyl (C=O) groups excluding carboxylic acids is 4. The summed E-state index contributed by atoms with van der Waals surface area (Å²) in [7, 11) is 0.871. The van der Waals surface area contributed by atoms with Gasteiger partial charge in [0.2, 0.25) is 17.5 Å². The van der Waals surface area contributed by atoms with Gasteiger partial charge >= 0.3 is 29.8 Å². The van der Waals surface area contributed by atoms with Gasteiger partial charge in [0.1, 0.15) is 12.2 Å². The summed E-state index contributed by atoms with van der Waals surface area (Å²) in [5.41, 5.74) is -5.62. The number of allylic oxidation sites excluding steroid dienone is 1. The predicted molar refractivity (Wildman–Crippen MR) is 198 cm³/mol. The Bertz CT molecular complexity index is 1560. The molecule has 55 heavy (non-hydrogen) atoms. The van der Waals surface area contributed by atoms with E-state index in [1.807, 2.05) is 65.0 Å². The third kappa shape index (κ3) is 10.0. The van der Waals surface area contributed by atoms with Crippen molar-refractivity contribution in [2.75, 3.05) is 13.7 Å². The molecule has 10 atom stereocenters. The van der Waals surface area contributed by atoms with Gasteiger partial charge in [0.15, 0.2) is 6.10 Å². The number of hydrogen-bond acceptors (Lipinski definition) is 13. The van der Waals surface area contributed by atoms with Crippen molar-refractivity contribution in [2.24, 2.45) is 23.7 Å². The second kappa shape index (κ2) is 19.2. The fourth-order valence-corrected chi connectivity index (χ4v) is 7.18. The van der Waals surface area contributed by atoms with Crippen LogP contribution in [0.4, 0.5) is 0 Å². The first-order valence-corrected chi connectivity index (χ1v) is 18.8. The summed E-state index contributed by atoms with van der Waals surface area (Å²) >= 11 is 0. The second-order valence-corrected chi connectivity index (χ2v) is 15.3. The van der Waals surface area contributed by atoms with Crippen LogP contribution >= 0.6 is 0 Å². The van der Waals surface area contributed by atoms with Gasteiger partial charge in [0, 0.05) is 25.3 Å². The van der Waals surface area contributed by atoms with Crippen LogP contribution in [0.2, 0.25) is 0 Å². The molecule has 2 fully saturated rings. The van der Waals surface area contributed by atoms with E-state index >= 15 is 0 Å². The molecule has 2 aliphatic rings. The van der Waals surface area contributed by atoms with E-state index in [2.05, 4.69) is 13.5 Å². The summed E-state index contributed by atoms with van der Waals surface area (Å²) in [5.74, 6) is -9.30. The molecule has 0 saturated carbocycles. The topological polar surface area (TPSA) is 201 Å². The first-order valence-electron chi connectivity index (χ1n) is 18.8. The molecule has 0 spiro atoms. The highest BCUT2D eigenvalue weighted by atomic mass is 16.8. The van der Waals surface area contributed by atoms with E-state index in [4.69, 9.17) is 28.4 Å². The molecule has 1 aromatic rings. The van der Waals surface area contributed by atoms with E-state index in [0.717, 1.165) is 31.6 Å². The van der Waals surface area contributed by atoms with Gasteiger partial charge < -0.3 is 43.7 Å². The Hall–Kier alpha value is -4.11. The number of aliphatic hydroxyl groups excluding tert-OH is 1. The number of carbonyl (C=O) groups is 5. The van der Waals surface area contributed by atoms with Crippen LogP contribution in [0.5, 0.6) is 0 Å². The van der Waals surface area contributed by atoms with Gasteiger partial charge in [-0.1, -0.05) is 91.0 Å². The van der Waals surface area contributed by atoms with Gasteiger partial charge in [-0.05, 0) is 54.6 Å². The molecule has 14 nitrogen and oxygen atoms in total. The first kappa shape index (κ1) is 45.3. The molecule has 3 N–H and O–H groups in total. The average molecular weight is 775 g/mol. The van der Waals surface area contributed by atoms with E-state index in [1.54, 1.807) is 6.08 Å². The number of aliphatic carboxylic acids is 1. The van der Waals surface area contributed by atoms with Crippen LogP contribution in [0.1, 0.15) is 86.1 Å². The summed E-state index contributed by atoms with van der Waals surface area (Å²) in [6, 6.07) is 9.45. The molecule has 306 valence electrons. The van der Waals surface area contributed by atoms with Gasteiger partial charge in [-0.15, -0.1) is 0 Å². The van der Waals surface area contributed by atoms with Crippen LogP contribution in [-0.4, -0.2) is 100 Å². The zero-order valence-corrected chi connectivity index (χ0v) is 33.1. The smallest absolute Gasteiger partial charge is 0.346 e. The van der Waals surface area contributed by atoms with E-state index in [0.29, 0.717) is 24.3 Å². The molecule has 2 saturated heterocycles. The zero-order chi connectivity index (χ0) is 41.3. The monoisotopic (exact) mass is 774 g/mol. The summed E-state index contributed by atoms with van der Waals surface area (Å²) < 4.78 is 33.7. The van der Waals surface area contributed by atoms with Crippen LogP contribution in [-0.2, 0) is 58.8 Å². The van der Waals surface area contributed by atoms with E-state index < -0.39 is 77.7 Å². The highest BCUT2D eigenvalue weighted by molar-refractivity contribution is 5.99. The fourth-order valence-electron chi connectivity index (χ4n) is 7.18. The van der Waals surface area contributed by atoms with Crippen molar-refractivity contribution in [2.45, 2.75) is 128 Å². The summed E-state index contributed by atoms with van der Waals surface area (Å²) in [4.78, 5) is 66.4. The maximum Gasteiger partial charge on any atom is 0.346 e. The molecule has 3 rings (SSSR count). The molecule has 2 heterocycles. The molecule has 2 bridgehead atoms. The molecular weight excluding hydrogens is 716 g/mol. The predicted octanol–water partition coefficient (Wildman–Crippen LogP) is 4.48. The van der Waals surface area contributed by atoms with Crippen molar-refractivity contribution < 1.29 is 67.7 Å². The Kier molecular flexibility index (Phi) is 15.8. The van der Waals surface area contributed by atoms with E-state index in [1.165, 1.54) is 6.92 Å². The summed E-state index contributed by atoms with van der Waals surface area (Å²) in [6.07, 6.45) is -3.33. The number of rotatable bonds is 20. The van der Waals surface area contributed by atoms with Gasteiger partial charge in [0.05, 0.1) is 13.7 Å². The van der Waals surface area contributed by atoms with Crippen LogP contribution in [0.15, 0.2) is 54.6 Å². The van der Waals surface area contributed by atoms with E-state index in [-0.39, 0.29) is 30.8 Å². The number of esters is 4. The average Bonchev–Trinajstić information content (AvgIpc) is 3.34. The Morgan fingerprint density at radius 2 is 1.71 bits per heavy atom. The van der Waals surface area contributed by atoms with Crippen molar-refractivity contribution in [3.8, 4) is 0 Å². The fraction of sp³-hybridized carbons (Fsp3) is 0.634. The van der Waals surface area contributed by atoms with Crippen LogP contribution < -0.4 is 0 Å². The second-order valence-electron chi connectivity index (χ2n) is 15.3. The molecular formula is C41H58O14. The van der Waals surface area contributed by atoms with Crippen molar-refractivity contribution in [1.29, 1.82) is 0 Å². The lowest BCUT2D eigenvalue weighted by atomic mass is 9.74. The van der Waals surface area contributed by atoms with Crippen molar-refractivity contribution >= 4 is 29.8 Å². The minimum absolute atomic E-state index is 0.0673. The minimum Gasteiger partial charge on any atom is -0.479 e. The zero-order valence-electron chi connectivity index (χ0n) is 33.1. The number of benzene rings is 1. The minimum atomic E-state index is -3.66. The maximum atomic E-state index is 13.9. The third-order valence-electron chi connectivity index (χ3n) is 10.4. The normalized spacial score (nSPS) is 28.2. The van der Waals surface area contributed by atoms with Gasteiger partial charge in [-0.25, -0.2) is 19.2 Å². The molecule has 2 aliphatic heterocycles. The van der Waals surface area contributed by atoms with Crippen LogP contribution in [0.3, 0.4) is 0 Å². The SMILES string of the molecule is C=C(CCC12OC(C(=O)OCCC(C)C)C(O)(C(=O)O)C(C(=O)OC)(O1)C(OC(=O)/C=C/C(C)CC(C)CC)C2O)C(OC(C)=O)C(C)Cc1ccccc1. The number of carboxylic acids is 1. The van der Waals surface area contributed by atoms with E-state index in [9.17, 15) is 39.3 Å². The Morgan fingerprint density at radius 3 is 2.27 bits per heavy atom. The molecule has 10 unspecified atom stereocenters. The lowest BCUT2D eigenvalue weighted by Crippen LogP contribution is -2.78. The standard InChI is InChI=1S/C41H58O14/c1-10-25(4)22-26(5)16-17-31(43)53-34-33(44)39(20-18-27(6)32(52-29(8)42)28(7)23-30-14-12-11-13-15-30)54-35(36(45)51-21-19-24(2)3)40(49,37(46)47)41(34,55-39)38(48)50-9/h11-17,24-26,28,32-35,44,49H,6,10,18-23H2,1-5,7-9H3,(H,46,47)/b17-16+. The number of carboxylic acid groups (broad SMARTS) is 1. The number of ether oxygens (including phenoxy) is 6. The Balaban J connectivity index is 2.12. The highest BCUT2D eigenvalue weighted by Gasteiger charge is 2.86. The number of fused-ring (bicyclic) bond motifs is 2. The van der Waals surface area contributed by atoms with Crippen molar-refractivity contribution in [1.82, 2.24) is 0 Å². The van der Waals surface area contributed by atoms with Crippen molar-refractivity contribution in [3.63, 3.8) is 0 Å². The van der Waals surface area contributed by atoms with Crippen LogP contribution in [0.25, 0.3) is 0 Å². The first-order chi connectivity index (χ1) is 25.8. The van der Waals surface area contributed by atoms with Gasteiger partial charge in [-0.2, -0.15) is 0 Å². The number of aliphatic hydroxyl groups is 2. The van der Waals surface area contributed by atoms with Crippen molar-refractivity contribution in [3.05, 3.63) is 60.2 Å². The molecule has 14 heteroatoms.